The summed E-state index contributed by atoms with van der Waals surface area (Å²) in [5.41, 5.74) is 7.24. The first-order valence-electron chi connectivity index (χ1n) is 9.24. The minimum absolute atomic E-state index is 0.0715. The second-order valence-corrected chi connectivity index (χ2v) is 6.84. The van der Waals surface area contributed by atoms with E-state index >= 15 is 0 Å². The van der Waals surface area contributed by atoms with Crippen molar-refractivity contribution >= 4 is 27.7 Å². The third-order valence-electron chi connectivity index (χ3n) is 4.00. The lowest BCUT2D eigenvalue weighted by Gasteiger charge is -2.14. The Balaban J connectivity index is 1.99. The zero-order valence-electron chi connectivity index (χ0n) is 16.3. The van der Waals surface area contributed by atoms with Crippen molar-refractivity contribution in [3.05, 3.63) is 57.6 Å². The minimum atomic E-state index is -0.364. The lowest BCUT2D eigenvalue weighted by atomic mass is 10.1. The number of carbonyl (C=O) groups is 2. The fourth-order valence-corrected chi connectivity index (χ4v) is 3.02. The van der Waals surface area contributed by atoms with Crippen molar-refractivity contribution in [1.82, 2.24) is 10.9 Å². The molecule has 0 spiro atoms. The Morgan fingerprint density at radius 1 is 0.929 bits per heavy atom. The molecule has 2 N–H and O–H groups in total. The molecule has 28 heavy (non-hydrogen) atoms. The molecule has 0 fully saturated rings. The van der Waals surface area contributed by atoms with Crippen molar-refractivity contribution in [2.45, 2.75) is 33.6 Å². The summed E-state index contributed by atoms with van der Waals surface area (Å²) < 4.78 is 11.9. The van der Waals surface area contributed by atoms with Gasteiger partial charge < -0.3 is 9.47 Å². The highest BCUT2D eigenvalue weighted by Gasteiger charge is 2.14. The molecule has 7 heteroatoms. The molecule has 0 aliphatic heterocycles. The Kier molecular flexibility index (Phi) is 8.32. The fourth-order valence-electron chi connectivity index (χ4n) is 2.56. The molecular formula is C21H25BrN2O4. The quantitative estimate of drug-likeness (QED) is 0.601. The molecule has 0 bridgehead atoms. The topological polar surface area (TPSA) is 76.7 Å². The zero-order valence-corrected chi connectivity index (χ0v) is 17.9. The minimum Gasteiger partial charge on any atom is -0.490 e. The van der Waals surface area contributed by atoms with Gasteiger partial charge in [0.1, 0.15) is 0 Å². The van der Waals surface area contributed by atoms with Crippen molar-refractivity contribution in [1.29, 1.82) is 0 Å². The summed E-state index contributed by atoms with van der Waals surface area (Å²) in [7, 11) is 0. The summed E-state index contributed by atoms with van der Waals surface area (Å²) >= 11 is 3.46. The number of hydrogen-bond acceptors (Lipinski definition) is 4. The number of amides is 2. The van der Waals surface area contributed by atoms with Crippen LogP contribution in [0.15, 0.2) is 40.9 Å². The van der Waals surface area contributed by atoms with Gasteiger partial charge in [-0.1, -0.05) is 35.0 Å². The number of nitrogens with one attached hydrogen (secondary N) is 2. The average molecular weight is 449 g/mol. The molecule has 0 heterocycles. The van der Waals surface area contributed by atoms with Crippen LogP contribution in [0.1, 0.15) is 42.3 Å². The number of hydrazine groups is 1. The van der Waals surface area contributed by atoms with E-state index in [0.717, 1.165) is 22.0 Å². The van der Waals surface area contributed by atoms with Gasteiger partial charge in [-0.2, -0.15) is 0 Å². The van der Waals surface area contributed by atoms with Gasteiger partial charge in [0.05, 0.1) is 19.6 Å². The SMILES string of the molecule is CCOc1cc(Br)c(CC(=O)NNC(=O)c2ccc(CC)cc2)cc1OCC. The van der Waals surface area contributed by atoms with Gasteiger partial charge in [-0.3, -0.25) is 20.4 Å². The van der Waals surface area contributed by atoms with Gasteiger partial charge in [0.2, 0.25) is 5.91 Å². The van der Waals surface area contributed by atoms with Crippen molar-refractivity contribution in [3.63, 3.8) is 0 Å². The molecule has 150 valence electrons. The van der Waals surface area contributed by atoms with Crippen LogP contribution in [0.5, 0.6) is 11.5 Å². The molecule has 0 unspecified atom stereocenters. The number of hydrogen-bond donors (Lipinski definition) is 2. The number of benzene rings is 2. The highest BCUT2D eigenvalue weighted by molar-refractivity contribution is 9.10. The lowest BCUT2D eigenvalue weighted by Crippen LogP contribution is -2.42. The molecule has 0 aliphatic rings. The smallest absolute Gasteiger partial charge is 0.269 e. The number of rotatable bonds is 8. The first-order chi connectivity index (χ1) is 13.5. The van der Waals surface area contributed by atoms with E-state index in [9.17, 15) is 9.59 Å². The molecule has 0 radical (unpaired) electrons. The normalized spacial score (nSPS) is 10.3. The highest BCUT2D eigenvalue weighted by Crippen LogP contribution is 2.34. The summed E-state index contributed by atoms with van der Waals surface area (Å²) in [6.45, 7) is 6.82. The monoisotopic (exact) mass is 448 g/mol. The maximum atomic E-state index is 12.3. The van der Waals surface area contributed by atoms with Gasteiger partial charge in [0, 0.05) is 10.0 Å². The lowest BCUT2D eigenvalue weighted by molar-refractivity contribution is -0.121. The van der Waals surface area contributed by atoms with Crippen LogP contribution in [0.4, 0.5) is 0 Å². The van der Waals surface area contributed by atoms with E-state index in [2.05, 4.69) is 26.8 Å². The predicted octanol–water partition coefficient (Wildman–Crippen LogP) is 3.81. The third-order valence-corrected chi connectivity index (χ3v) is 4.74. The van der Waals surface area contributed by atoms with Crippen molar-refractivity contribution in [2.75, 3.05) is 13.2 Å². The second kappa shape index (κ2) is 10.7. The molecule has 2 aromatic carbocycles. The number of carbonyl (C=O) groups excluding carboxylic acids is 2. The second-order valence-electron chi connectivity index (χ2n) is 5.99. The van der Waals surface area contributed by atoms with E-state index in [1.165, 1.54) is 0 Å². The molecule has 2 aromatic rings. The first kappa shape index (κ1) is 21.8. The summed E-state index contributed by atoms with van der Waals surface area (Å²) in [4.78, 5) is 24.4. The summed E-state index contributed by atoms with van der Waals surface area (Å²) in [6.07, 6.45) is 0.974. The van der Waals surface area contributed by atoms with Gasteiger partial charge in [0.15, 0.2) is 11.5 Å². The summed E-state index contributed by atoms with van der Waals surface area (Å²) in [6, 6.07) is 10.8. The van der Waals surface area contributed by atoms with Crippen LogP contribution in [-0.2, 0) is 17.6 Å². The van der Waals surface area contributed by atoms with E-state index in [4.69, 9.17) is 9.47 Å². The zero-order chi connectivity index (χ0) is 20.5. The Bertz CT molecular complexity index is 822. The van der Waals surface area contributed by atoms with Crippen LogP contribution < -0.4 is 20.3 Å². The maximum Gasteiger partial charge on any atom is 0.269 e. The predicted molar refractivity (Wildman–Crippen MR) is 112 cm³/mol. The van der Waals surface area contributed by atoms with Gasteiger partial charge in [-0.25, -0.2) is 0 Å². The molecule has 2 amide bonds. The average Bonchev–Trinajstić information content (AvgIpc) is 2.70. The largest absolute Gasteiger partial charge is 0.490 e. The summed E-state index contributed by atoms with van der Waals surface area (Å²) in [5, 5.41) is 0. The van der Waals surface area contributed by atoms with E-state index in [1.54, 1.807) is 24.3 Å². The maximum absolute atomic E-state index is 12.3. The Morgan fingerprint density at radius 2 is 1.54 bits per heavy atom. The number of ether oxygens (including phenoxy) is 2. The molecule has 2 rings (SSSR count). The fraction of sp³-hybridized carbons (Fsp3) is 0.333. The van der Waals surface area contributed by atoms with Crippen molar-refractivity contribution in [3.8, 4) is 11.5 Å². The number of halogens is 1. The highest BCUT2D eigenvalue weighted by atomic mass is 79.9. The number of aryl methyl sites for hydroxylation is 1. The molecule has 0 aliphatic carbocycles. The van der Waals surface area contributed by atoms with Crippen molar-refractivity contribution < 1.29 is 19.1 Å². The van der Waals surface area contributed by atoms with E-state index in [1.807, 2.05) is 32.9 Å². The van der Waals surface area contributed by atoms with E-state index < -0.39 is 0 Å². The van der Waals surface area contributed by atoms with Crippen LogP contribution in [0.2, 0.25) is 0 Å². The van der Waals surface area contributed by atoms with E-state index in [0.29, 0.717) is 30.3 Å². The molecular weight excluding hydrogens is 424 g/mol. The Morgan fingerprint density at radius 3 is 2.11 bits per heavy atom. The van der Waals surface area contributed by atoms with Gasteiger partial charge in [-0.05, 0) is 55.7 Å². The van der Waals surface area contributed by atoms with Crippen LogP contribution >= 0.6 is 15.9 Å². The molecule has 0 aromatic heterocycles. The molecule has 0 saturated heterocycles. The first-order valence-corrected chi connectivity index (χ1v) is 10.0. The van der Waals surface area contributed by atoms with Gasteiger partial charge >= 0.3 is 0 Å². The van der Waals surface area contributed by atoms with E-state index in [-0.39, 0.29) is 18.2 Å². The molecule has 0 saturated carbocycles. The van der Waals surface area contributed by atoms with Crippen LogP contribution in [0, 0.1) is 0 Å². The molecule has 6 nitrogen and oxygen atoms in total. The van der Waals surface area contributed by atoms with Gasteiger partial charge in [-0.15, -0.1) is 0 Å². The standard InChI is InChI=1S/C21H25BrN2O4/c1-4-14-7-9-15(10-8-14)21(26)24-23-20(25)12-16-11-18(27-5-2)19(28-6-3)13-17(16)22/h7-11,13H,4-6,12H2,1-3H3,(H,23,25)(H,24,26). The van der Waals surface area contributed by atoms with Crippen LogP contribution in [0.25, 0.3) is 0 Å². The van der Waals surface area contributed by atoms with Crippen LogP contribution in [-0.4, -0.2) is 25.0 Å². The Labute approximate surface area is 173 Å². The Hall–Kier alpha value is -2.54. The molecule has 0 atom stereocenters. The van der Waals surface area contributed by atoms with Crippen LogP contribution in [0.3, 0.4) is 0 Å². The van der Waals surface area contributed by atoms with Gasteiger partial charge in [0.25, 0.3) is 5.91 Å². The summed E-state index contributed by atoms with van der Waals surface area (Å²) in [5.74, 6) is 0.488. The third kappa shape index (κ3) is 5.99. The van der Waals surface area contributed by atoms with Crippen molar-refractivity contribution in [2.24, 2.45) is 0 Å².